The average Bonchev–Trinajstić information content (AvgIpc) is 3.65. The monoisotopic (exact) mass is 1220 g/mol. The van der Waals surface area contributed by atoms with E-state index in [4.69, 9.17) is 40.4 Å². The van der Waals surface area contributed by atoms with Crippen LogP contribution in [0.5, 0.6) is 5.75 Å². The first-order valence-corrected chi connectivity index (χ1v) is 31.8. The van der Waals surface area contributed by atoms with E-state index in [1.165, 1.54) is 12.1 Å². The number of phenols is 1. The summed E-state index contributed by atoms with van der Waals surface area (Å²) >= 11 is 0. The second-order valence-corrected chi connectivity index (χ2v) is 23.2. The molecule has 0 aliphatic carbocycles. The van der Waals surface area contributed by atoms with E-state index in [1.54, 1.807) is 19.1 Å². The molecule has 1 unspecified atom stereocenters. The molecule has 484 valence electrons. The summed E-state index contributed by atoms with van der Waals surface area (Å²) < 4.78 is 51.9. The lowest BCUT2D eigenvalue weighted by Crippen LogP contribution is -2.49. The number of unbranched alkanes of at least 4 members (excludes halogenated alkanes) is 14. The van der Waals surface area contributed by atoms with Crippen molar-refractivity contribution >= 4 is 63.0 Å². The molecule has 1 rings (SSSR count). The summed E-state index contributed by atoms with van der Waals surface area (Å²) in [5.41, 5.74) is 11.8. The molecule has 0 aliphatic heterocycles. The number of nitrogens with two attached hydrogens (primary N) is 2. The van der Waals surface area contributed by atoms with Crippen LogP contribution in [0.2, 0.25) is 0 Å². The molecule has 0 aromatic heterocycles. The van der Waals surface area contributed by atoms with Crippen LogP contribution in [0, 0.1) is 23.2 Å². The molecule has 0 aliphatic rings. The van der Waals surface area contributed by atoms with Crippen LogP contribution in [0.1, 0.15) is 183 Å². The zero-order valence-corrected chi connectivity index (χ0v) is 50.8. The third-order valence-corrected chi connectivity index (χ3v) is 15.0. The maximum atomic E-state index is 13.6. The number of hydrogen-bond donors (Lipinski definition) is 10. The highest BCUT2D eigenvalue weighted by molar-refractivity contribution is 7.85. The minimum Gasteiger partial charge on any atom is -0.508 e. The van der Waals surface area contributed by atoms with E-state index >= 15 is 0 Å². The van der Waals surface area contributed by atoms with Gasteiger partial charge >= 0.3 is 5.97 Å². The summed E-state index contributed by atoms with van der Waals surface area (Å²) in [4.78, 5) is 100. The molecule has 84 heavy (non-hydrogen) atoms. The third-order valence-electron chi connectivity index (χ3n) is 14.2. The minimum atomic E-state index is -3.86. The number of ether oxygens (including phenoxy) is 4. The van der Waals surface area contributed by atoms with Gasteiger partial charge in [0.2, 0.25) is 29.5 Å². The highest BCUT2D eigenvalue weighted by atomic mass is 32.2. The van der Waals surface area contributed by atoms with Crippen LogP contribution < -0.4 is 32.7 Å². The van der Waals surface area contributed by atoms with Crippen LogP contribution in [0.15, 0.2) is 24.3 Å². The number of benzene rings is 1. The lowest BCUT2D eigenvalue weighted by atomic mass is 9.80. The maximum Gasteiger partial charge on any atom is 0.326 e. The van der Waals surface area contributed by atoms with Crippen molar-refractivity contribution in [1.82, 2.24) is 21.3 Å². The fourth-order valence-corrected chi connectivity index (χ4v) is 9.77. The van der Waals surface area contributed by atoms with Gasteiger partial charge in [-0.1, -0.05) is 109 Å². The lowest BCUT2D eigenvalue weighted by Gasteiger charge is -2.27. The molecule has 1 aromatic carbocycles. The van der Waals surface area contributed by atoms with Crippen LogP contribution in [-0.2, 0) is 73.8 Å². The van der Waals surface area contributed by atoms with E-state index in [2.05, 4.69) is 21.3 Å². The number of carboxylic acids is 1. The number of rotatable bonds is 56. The molecule has 25 heteroatoms. The fraction of sp³-hybridized carbons (Fsp3) is 0.746. The molecule has 5 amide bonds. The first kappa shape index (κ1) is 76.4. The number of nitrogens with one attached hydrogen (secondary N) is 5. The summed E-state index contributed by atoms with van der Waals surface area (Å²) in [6.07, 6.45) is 17.1. The summed E-state index contributed by atoms with van der Waals surface area (Å²) in [5.74, 6) is -5.51. The normalized spacial score (nSPS) is 13.2. The molecule has 0 fully saturated rings. The van der Waals surface area contributed by atoms with Gasteiger partial charge in [0.25, 0.3) is 10.1 Å². The van der Waals surface area contributed by atoms with Crippen molar-refractivity contribution in [3.8, 4) is 5.75 Å². The summed E-state index contributed by atoms with van der Waals surface area (Å²) in [5, 5.41) is 37.4. The molecule has 0 saturated heterocycles. The Hall–Kier alpha value is -5.60. The quantitative estimate of drug-likeness (QED) is 0.0158. The maximum absolute atomic E-state index is 13.6. The van der Waals surface area contributed by atoms with Crippen LogP contribution >= 0.6 is 0 Å². The Morgan fingerprint density at radius 1 is 0.571 bits per heavy atom. The number of carbonyl (C=O) groups is 8. The number of phenolic OH excluding ortho intramolecular Hbond substituents is 1. The molecule has 12 N–H and O–H groups in total. The molecule has 24 nitrogen and oxygen atoms in total. The topological polar surface area (TPSA) is 392 Å². The number of carbonyl (C=O) groups excluding carboxylic acids is 7. The van der Waals surface area contributed by atoms with Crippen LogP contribution in [0.25, 0.3) is 0 Å². The molecule has 0 bridgehead atoms. The number of hydrogen-bond acceptors (Lipinski definition) is 16. The van der Waals surface area contributed by atoms with Gasteiger partial charge in [-0.15, -0.1) is 0 Å². The number of aliphatic carboxylic acids is 1. The number of amidine groups is 1. The molecule has 0 spiro atoms. The Labute approximate surface area is 500 Å². The predicted octanol–water partition coefficient (Wildman–Crippen LogP) is 5.87. The van der Waals surface area contributed by atoms with E-state index in [-0.39, 0.29) is 140 Å². The Kier molecular flexibility index (Phi) is 43.3. The summed E-state index contributed by atoms with van der Waals surface area (Å²) in [6, 6.07) is 4.00. The van der Waals surface area contributed by atoms with Gasteiger partial charge in [0.1, 0.15) is 36.8 Å². The smallest absolute Gasteiger partial charge is 0.326 e. The van der Waals surface area contributed by atoms with Crippen molar-refractivity contribution in [2.45, 2.75) is 193 Å². The Balaban J connectivity index is 0. The zero-order valence-electron chi connectivity index (χ0n) is 50.0. The van der Waals surface area contributed by atoms with Crippen molar-refractivity contribution in [3.05, 3.63) is 29.8 Å². The first-order chi connectivity index (χ1) is 40.1. The first-order valence-electron chi connectivity index (χ1n) is 30.2. The molecule has 5 atom stereocenters. The average molecular weight is 1220 g/mol. The molecular formula is C59H105N7O17S. The van der Waals surface area contributed by atoms with E-state index in [0.29, 0.717) is 82.9 Å². The van der Waals surface area contributed by atoms with Gasteiger partial charge < -0.3 is 61.9 Å². The van der Waals surface area contributed by atoms with Crippen LogP contribution in [0.4, 0.5) is 0 Å². The number of carboxylic acid groups (broad SMARTS) is 1. The van der Waals surface area contributed by atoms with Gasteiger partial charge in [0.15, 0.2) is 5.78 Å². The van der Waals surface area contributed by atoms with E-state index < -0.39 is 51.8 Å². The van der Waals surface area contributed by atoms with Gasteiger partial charge in [-0.2, -0.15) is 8.42 Å². The molecular weight excluding hydrogens is 1110 g/mol. The number of Topliss-reactive ketones (excluding diaryl/α,β-unsaturated/α-hetero) is 2. The predicted molar refractivity (Wildman–Crippen MR) is 322 cm³/mol. The second kappa shape index (κ2) is 47.6. The zero-order chi connectivity index (χ0) is 62.4. The van der Waals surface area contributed by atoms with Gasteiger partial charge in [0, 0.05) is 72.4 Å². The standard InChI is InChI=1S/C59H101N7O17S.2H2/c1-44(56(72)45(2)49(23-15-16-24-52(60)61)58(74)66-51(57(62)73)41-46-26-28-47(67)29-27-46)21-17-18-32-63-55(71)43-83-39-36-80-34-20-22-48(68)42-82-38-37-81-35-33-64-53(69)31-30-50(59(75)76)65-54(70)25-14-12-10-8-6-4-3-5-7-9-11-13-19-40-84(77,78)79;;/h26-29,44-45,49-51,67H,3-25,30-43H2,1-2H3,(H3,60,61)(H2,62,73)(H,63,71)(H,64,69)(H,65,70)(H,66,74)(H,75,76)(H,77,78,79);2*1H/t44-,45?,49+,50-,51-;;/m0../s1. The van der Waals surface area contributed by atoms with Gasteiger partial charge in [-0.3, -0.25) is 43.5 Å². The molecule has 0 saturated carbocycles. The van der Waals surface area contributed by atoms with Crippen molar-refractivity contribution in [2.24, 2.45) is 29.2 Å². The van der Waals surface area contributed by atoms with Gasteiger partial charge in [0.05, 0.1) is 44.6 Å². The number of amides is 5. The Bertz CT molecular complexity index is 2200. The fourth-order valence-electron chi connectivity index (χ4n) is 9.20. The van der Waals surface area contributed by atoms with Crippen molar-refractivity contribution in [3.63, 3.8) is 0 Å². The summed E-state index contributed by atoms with van der Waals surface area (Å²) in [6.45, 7) is 5.10. The van der Waals surface area contributed by atoms with E-state index in [0.717, 1.165) is 70.6 Å². The third kappa shape index (κ3) is 42.2. The highest BCUT2D eigenvalue weighted by Gasteiger charge is 2.34. The molecule has 0 heterocycles. The number of aromatic hydroxyl groups is 1. The number of ketones is 2. The highest BCUT2D eigenvalue weighted by Crippen LogP contribution is 2.26. The van der Waals surface area contributed by atoms with Crippen molar-refractivity contribution in [2.75, 3.05) is 71.7 Å². The Morgan fingerprint density at radius 2 is 1.12 bits per heavy atom. The Morgan fingerprint density at radius 3 is 1.71 bits per heavy atom. The number of primary amides is 1. The van der Waals surface area contributed by atoms with Gasteiger partial charge in [-0.05, 0) is 69.1 Å². The minimum absolute atomic E-state index is 0. The second-order valence-electron chi connectivity index (χ2n) is 21.6. The largest absolute Gasteiger partial charge is 0.508 e. The van der Waals surface area contributed by atoms with E-state index in [1.807, 2.05) is 6.92 Å². The summed E-state index contributed by atoms with van der Waals surface area (Å²) in [7, 11) is -3.86. The van der Waals surface area contributed by atoms with Gasteiger partial charge in [-0.25, -0.2) is 4.79 Å². The van der Waals surface area contributed by atoms with Crippen molar-refractivity contribution in [1.29, 1.82) is 5.41 Å². The SMILES string of the molecule is CC(C(=O)[C@@H](C)CCCCNC(=O)COCCOCCCC(=O)COCCOCCNC(=O)CC[C@H](NC(=O)CCCCCCCCCCCCCCCS(=O)(=O)O)C(=O)O)[C@@H](CCCCC(=N)N)C(=O)N[C@@H](Cc1ccc(O)cc1)C(N)=O.[HH].[HH]. The van der Waals surface area contributed by atoms with Crippen molar-refractivity contribution < 1.29 is 83.3 Å². The van der Waals surface area contributed by atoms with Crippen LogP contribution in [-0.4, -0.2) is 160 Å². The molecule has 1 aromatic rings. The van der Waals surface area contributed by atoms with Crippen LogP contribution in [0.3, 0.4) is 0 Å². The molecule has 0 radical (unpaired) electrons. The lowest BCUT2D eigenvalue weighted by molar-refractivity contribution is -0.142. The van der Waals surface area contributed by atoms with E-state index in [9.17, 15) is 57.0 Å².